The van der Waals surface area contributed by atoms with E-state index >= 15 is 0 Å². The molecule has 0 saturated heterocycles. The molecule has 1 rings (SSSR count). The van der Waals surface area contributed by atoms with Crippen molar-refractivity contribution in [1.29, 1.82) is 0 Å². The van der Waals surface area contributed by atoms with Crippen molar-refractivity contribution in [3.05, 3.63) is 0 Å². The van der Waals surface area contributed by atoms with Crippen LogP contribution in [0.4, 0.5) is 0 Å². The van der Waals surface area contributed by atoms with Crippen LogP contribution in [0.2, 0.25) is 0 Å². The third-order valence-electron chi connectivity index (χ3n) is 3.29. The van der Waals surface area contributed by atoms with Crippen molar-refractivity contribution in [3.8, 4) is 0 Å². The van der Waals surface area contributed by atoms with Crippen LogP contribution in [-0.4, -0.2) is 48.2 Å². The van der Waals surface area contributed by atoms with Crippen LogP contribution in [0.3, 0.4) is 0 Å². The third-order valence-corrected chi connectivity index (χ3v) is 3.29. The number of hydrogen-bond donors (Lipinski definition) is 2. The average molecular weight is 242 g/mol. The molecule has 0 aliphatic heterocycles. The van der Waals surface area contributed by atoms with Crippen LogP contribution in [0.5, 0.6) is 0 Å². The lowest BCUT2D eigenvalue weighted by atomic mass is 10.1. The highest BCUT2D eigenvalue weighted by Gasteiger charge is 2.30. The van der Waals surface area contributed by atoms with Crippen molar-refractivity contribution >= 4 is 5.91 Å². The Morgan fingerprint density at radius 1 is 1.53 bits per heavy atom. The Balaban J connectivity index is 2.03. The van der Waals surface area contributed by atoms with E-state index in [0.717, 1.165) is 25.9 Å². The van der Waals surface area contributed by atoms with Gasteiger partial charge in [0.05, 0.1) is 6.54 Å². The Hall–Kier alpha value is -0.610. The van der Waals surface area contributed by atoms with Gasteiger partial charge < -0.3 is 15.3 Å². The number of aliphatic hydroxyl groups is 1. The molecule has 4 heteroatoms. The Morgan fingerprint density at radius 2 is 2.24 bits per heavy atom. The molecule has 0 aromatic carbocycles. The molecule has 0 radical (unpaired) electrons. The fourth-order valence-electron chi connectivity index (χ4n) is 1.99. The first-order valence-electron chi connectivity index (χ1n) is 6.80. The SMILES string of the molecule is CCN(C(=O)CNCCCC(C)CO)C1CC1. The standard InChI is InChI=1S/C13H26N2O2/c1-3-15(12-6-7-12)13(17)9-14-8-4-5-11(2)10-16/h11-12,14,16H,3-10H2,1-2H3. The molecule has 0 aromatic rings. The summed E-state index contributed by atoms with van der Waals surface area (Å²) in [6.45, 7) is 6.48. The summed E-state index contributed by atoms with van der Waals surface area (Å²) < 4.78 is 0. The highest BCUT2D eigenvalue weighted by Crippen LogP contribution is 2.26. The average Bonchev–Trinajstić information content (AvgIpc) is 3.13. The summed E-state index contributed by atoms with van der Waals surface area (Å²) in [4.78, 5) is 13.8. The molecular formula is C13H26N2O2. The maximum Gasteiger partial charge on any atom is 0.236 e. The summed E-state index contributed by atoms with van der Waals surface area (Å²) in [7, 11) is 0. The third kappa shape index (κ3) is 5.50. The molecule has 0 aromatic heterocycles. The van der Waals surface area contributed by atoms with E-state index in [4.69, 9.17) is 5.11 Å². The van der Waals surface area contributed by atoms with E-state index in [1.165, 1.54) is 12.8 Å². The topological polar surface area (TPSA) is 52.6 Å². The molecule has 4 nitrogen and oxygen atoms in total. The summed E-state index contributed by atoms with van der Waals surface area (Å²) in [5.41, 5.74) is 0. The van der Waals surface area contributed by atoms with E-state index in [0.29, 0.717) is 18.5 Å². The second kappa shape index (κ2) is 7.67. The number of nitrogens with one attached hydrogen (secondary N) is 1. The first kappa shape index (κ1) is 14.5. The summed E-state index contributed by atoms with van der Waals surface area (Å²) in [6, 6.07) is 0.517. The fraction of sp³-hybridized carbons (Fsp3) is 0.923. The van der Waals surface area contributed by atoms with Gasteiger partial charge in [-0.15, -0.1) is 0 Å². The lowest BCUT2D eigenvalue weighted by Gasteiger charge is -2.20. The van der Waals surface area contributed by atoms with Gasteiger partial charge in [0.1, 0.15) is 0 Å². The summed E-state index contributed by atoms with van der Waals surface area (Å²) in [5, 5.41) is 12.1. The van der Waals surface area contributed by atoms with Gasteiger partial charge in [0.15, 0.2) is 0 Å². The summed E-state index contributed by atoms with van der Waals surface area (Å²) >= 11 is 0. The molecule has 0 bridgehead atoms. The van der Waals surface area contributed by atoms with E-state index in [2.05, 4.69) is 5.32 Å². The Bertz CT molecular complexity index is 229. The first-order valence-corrected chi connectivity index (χ1v) is 6.80. The number of rotatable bonds is 9. The van der Waals surface area contributed by atoms with Gasteiger partial charge in [0.2, 0.25) is 5.91 Å². The van der Waals surface area contributed by atoms with Gasteiger partial charge in [-0.25, -0.2) is 0 Å². The first-order chi connectivity index (χ1) is 8.19. The van der Waals surface area contributed by atoms with Crippen molar-refractivity contribution in [2.75, 3.05) is 26.2 Å². The van der Waals surface area contributed by atoms with Gasteiger partial charge in [-0.05, 0) is 45.1 Å². The second-order valence-corrected chi connectivity index (χ2v) is 5.02. The number of nitrogens with zero attached hydrogens (tertiary/aromatic N) is 1. The molecule has 17 heavy (non-hydrogen) atoms. The van der Waals surface area contributed by atoms with Gasteiger partial charge in [-0.1, -0.05) is 6.92 Å². The van der Waals surface area contributed by atoms with Gasteiger partial charge in [0.25, 0.3) is 0 Å². The predicted octanol–water partition coefficient (Wildman–Crippen LogP) is 0.995. The maximum atomic E-state index is 11.8. The van der Waals surface area contributed by atoms with Crippen LogP contribution in [0.25, 0.3) is 0 Å². The minimum atomic E-state index is 0.227. The highest BCUT2D eigenvalue weighted by molar-refractivity contribution is 5.78. The van der Waals surface area contributed by atoms with Crippen LogP contribution in [0.15, 0.2) is 0 Å². The van der Waals surface area contributed by atoms with E-state index in [1.54, 1.807) is 0 Å². The quantitative estimate of drug-likeness (QED) is 0.593. The monoisotopic (exact) mass is 242 g/mol. The van der Waals surface area contributed by atoms with Crippen molar-refractivity contribution in [3.63, 3.8) is 0 Å². The van der Waals surface area contributed by atoms with E-state index in [-0.39, 0.29) is 12.5 Å². The van der Waals surface area contributed by atoms with E-state index in [1.807, 2.05) is 18.7 Å². The van der Waals surface area contributed by atoms with Gasteiger partial charge >= 0.3 is 0 Å². The number of hydrogen-bond acceptors (Lipinski definition) is 3. The molecule has 1 aliphatic rings. The zero-order chi connectivity index (χ0) is 12.7. The number of carbonyl (C=O) groups excluding carboxylic acids is 1. The number of likely N-dealkylation sites (N-methyl/N-ethyl adjacent to an activating group) is 1. The van der Waals surface area contributed by atoms with Crippen molar-refractivity contribution < 1.29 is 9.90 Å². The molecule has 2 N–H and O–H groups in total. The molecular weight excluding hydrogens is 216 g/mol. The van der Waals surface area contributed by atoms with E-state index < -0.39 is 0 Å². The largest absolute Gasteiger partial charge is 0.396 e. The molecule has 1 saturated carbocycles. The normalized spacial score (nSPS) is 16.9. The highest BCUT2D eigenvalue weighted by atomic mass is 16.3. The van der Waals surface area contributed by atoms with Crippen LogP contribution < -0.4 is 5.32 Å². The minimum Gasteiger partial charge on any atom is -0.396 e. The van der Waals surface area contributed by atoms with Crippen LogP contribution >= 0.6 is 0 Å². The lowest BCUT2D eigenvalue weighted by Crippen LogP contribution is -2.39. The zero-order valence-electron chi connectivity index (χ0n) is 11.1. The fourth-order valence-corrected chi connectivity index (χ4v) is 1.99. The Kier molecular flexibility index (Phi) is 6.52. The molecule has 1 amide bonds. The molecule has 0 heterocycles. The maximum absolute atomic E-state index is 11.8. The molecule has 1 atom stereocenters. The molecule has 1 fully saturated rings. The Morgan fingerprint density at radius 3 is 2.76 bits per heavy atom. The number of aliphatic hydroxyl groups excluding tert-OH is 1. The van der Waals surface area contributed by atoms with Crippen molar-refractivity contribution in [2.45, 2.75) is 45.6 Å². The molecule has 100 valence electrons. The second-order valence-electron chi connectivity index (χ2n) is 5.02. The van der Waals surface area contributed by atoms with Crippen LogP contribution in [-0.2, 0) is 4.79 Å². The number of carbonyl (C=O) groups is 1. The minimum absolute atomic E-state index is 0.227. The van der Waals surface area contributed by atoms with Crippen LogP contribution in [0.1, 0.15) is 39.5 Å². The summed E-state index contributed by atoms with van der Waals surface area (Å²) in [5.74, 6) is 0.594. The predicted molar refractivity (Wildman–Crippen MR) is 68.8 cm³/mol. The van der Waals surface area contributed by atoms with Gasteiger partial charge in [0, 0.05) is 19.2 Å². The summed E-state index contributed by atoms with van der Waals surface area (Å²) in [6.07, 6.45) is 4.38. The van der Waals surface area contributed by atoms with Crippen LogP contribution in [0, 0.1) is 5.92 Å². The molecule has 1 unspecified atom stereocenters. The van der Waals surface area contributed by atoms with Gasteiger partial charge in [-0.3, -0.25) is 4.79 Å². The Labute approximate surface area is 104 Å². The molecule has 0 spiro atoms. The van der Waals surface area contributed by atoms with E-state index in [9.17, 15) is 4.79 Å². The lowest BCUT2D eigenvalue weighted by molar-refractivity contribution is -0.130. The smallest absolute Gasteiger partial charge is 0.236 e. The van der Waals surface area contributed by atoms with Gasteiger partial charge in [-0.2, -0.15) is 0 Å². The zero-order valence-corrected chi connectivity index (χ0v) is 11.1. The number of amides is 1. The van der Waals surface area contributed by atoms with Crippen molar-refractivity contribution in [1.82, 2.24) is 10.2 Å². The van der Waals surface area contributed by atoms with Crippen molar-refractivity contribution in [2.24, 2.45) is 5.92 Å². The molecule has 1 aliphatic carbocycles.